The van der Waals surface area contributed by atoms with Gasteiger partial charge in [-0.2, -0.15) is 0 Å². The Labute approximate surface area is 96.1 Å². The summed E-state index contributed by atoms with van der Waals surface area (Å²) in [6.07, 6.45) is 0. The molecule has 0 aliphatic carbocycles. The van der Waals surface area contributed by atoms with Crippen LogP contribution in [0.2, 0.25) is 0 Å². The first-order valence-corrected chi connectivity index (χ1v) is 5.71. The smallest absolute Gasteiger partial charge is 0.0750 e. The molecular formula is C15H14N. The molecular weight excluding hydrogens is 194 g/mol. The lowest BCUT2D eigenvalue weighted by atomic mass is 9.97. The SMILES string of the molecule is CC(C)c1cccc2c1[N]c1ccccc1-2. The quantitative estimate of drug-likeness (QED) is 0.564. The molecule has 2 aromatic rings. The Hall–Kier alpha value is -1.76. The maximum Gasteiger partial charge on any atom is 0.0750 e. The molecule has 0 saturated carbocycles. The largest absolute Gasteiger partial charge is 0.247 e. The fourth-order valence-electron chi connectivity index (χ4n) is 2.29. The second-order valence-electron chi connectivity index (χ2n) is 4.53. The standard InChI is InChI=1S/C15H14N/c1-10(2)11-7-5-8-13-12-6-3-4-9-14(12)16-15(11)13/h3-10H,1-2H3. The minimum Gasteiger partial charge on any atom is -0.247 e. The van der Waals surface area contributed by atoms with E-state index in [-0.39, 0.29) is 0 Å². The van der Waals surface area contributed by atoms with Gasteiger partial charge >= 0.3 is 0 Å². The highest BCUT2D eigenvalue weighted by atomic mass is 14.9. The number of fused-ring (bicyclic) bond motifs is 3. The highest BCUT2D eigenvalue weighted by Crippen LogP contribution is 2.45. The molecule has 1 aliphatic rings. The summed E-state index contributed by atoms with van der Waals surface area (Å²) in [6.45, 7) is 4.43. The van der Waals surface area contributed by atoms with Gasteiger partial charge in [-0.15, -0.1) is 0 Å². The predicted molar refractivity (Wildman–Crippen MR) is 67.4 cm³/mol. The molecule has 0 aromatic heterocycles. The van der Waals surface area contributed by atoms with E-state index in [1.54, 1.807) is 0 Å². The van der Waals surface area contributed by atoms with Gasteiger partial charge in [-0.05, 0) is 17.5 Å². The van der Waals surface area contributed by atoms with E-state index >= 15 is 0 Å². The monoisotopic (exact) mass is 208 g/mol. The van der Waals surface area contributed by atoms with Crippen LogP contribution in [0.1, 0.15) is 25.3 Å². The summed E-state index contributed by atoms with van der Waals surface area (Å²) in [7, 11) is 0. The number of hydrogen-bond acceptors (Lipinski definition) is 0. The van der Waals surface area contributed by atoms with Gasteiger partial charge in [0, 0.05) is 11.1 Å². The van der Waals surface area contributed by atoms with E-state index in [0.717, 1.165) is 5.69 Å². The maximum atomic E-state index is 4.74. The molecule has 0 fully saturated rings. The molecule has 0 atom stereocenters. The molecule has 1 radical (unpaired) electrons. The van der Waals surface area contributed by atoms with Crippen molar-refractivity contribution in [2.24, 2.45) is 0 Å². The van der Waals surface area contributed by atoms with Crippen molar-refractivity contribution in [1.82, 2.24) is 5.32 Å². The van der Waals surface area contributed by atoms with Crippen molar-refractivity contribution in [2.45, 2.75) is 19.8 Å². The Morgan fingerprint density at radius 2 is 1.62 bits per heavy atom. The fraction of sp³-hybridized carbons (Fsp3) is 0.200. The van der Waals surface area contributed by atoms with Crippen LogP contribution in [0, 0.1) is 0 Å². The number of para-hydroxylation sites is 2. The van der Waals surface area contributed by atoms with Crippen LogP contribution < -0.4 is 5.32 Å². The Morgan fingerprint density at radius 1 is 0.875 bits per heavy atom. The summed E-state index contributed by atoms with van der Waals surface area (Å²) in [6, 6.07) is 14.8. The fourth-order valence-corrected chi connectivity index (χ4v) is 2.29. The van der Waals surface area contributed by atoms with Crippen molar-refractivity contribution in [3.05, 3.63) is 48.0 Å². The highest BCUT2D eigenvalue weighted by Gasteiger charge is 2.22. The number of benzene rings is 2. The highest BCUT2D eigenvalue weighted by molar-refractivity contribution is 5.92. The van der Waals surface area contributed by atoms with E-state index in [0.29, 0.717) is 5.92 Å². The molecule has 1 heteroatoms. The van der Waals surface area contributed by atoms with E-state index in [9.17, 15) is 0 Å². The molecule has 0 saturated heterocycles. The van der Waals surface area contributed by atoms with Crippen molar-refractivity contribution in [1.29, 1.82) is 0 Å². The van der Waals surface area contributed by atoms with Gasteiger partial charge in [0.2, 0.25) is 0 Å². The van der Waals surface area contributed by atoms with E-state index in [1.807, 2.05) is 6.07 Å². The lowest BCUT2D eigenvalue weighted by Gasteiger charge is -2.10. The van der Waals surface area contributed by atoms with Gasteiger partial charge in [0.05, 0.1) is 11.4 Å². The van der Waals surface area contributed by atoms with Crippen molar-refractivity contribution >= 4 is 11.4 Å². The van der Waals surface area contributed by atoms with Crippen LogP contribution in [-0.4, -0.2) is 0 Å². The molecule has 0 N–H and O–H groups in total. The number of hydrogen-bond donors (Lipinski definition) is 0. The average molecular weight is 208 g/mol. The minimum atomic E-state index is 0.521. The van der Waals surface area contributed by atoms with Gasteiger partial charge in [0.25, 0.3) is 0 Å². The van der Waals surface area contributed by atoms with Crippen LogP contribution in [0.4, 0.5) is 11.4 Å². The maximum absolute atomic E-state index is 4.74. The van der Waals surface area contributed by atoms with Crippen LogP contribution in [-0.2, 0) is 0 Å². The van der Waals surface area contributed by atoms with Crippen LogP contribution in [0.3, 0.4) is 0 Å². The number of nitrogens with zero attached hydrogens (tertiary/aromatic N) is 1. The van der Waals surface area contributed by atoms with Gasteiger partial charge in [-0.3, -0.25) is 0 Å². The summed E-state index contributed by atoms with van der Waals surface area (Å²) in [5.41, 5.74) is 6.15. The molecule has 2 aromatic carbocycles. The topological polar surface area (TPSA) is 14.1 Å². The average Bonchev–Trinajstić information content (AvgIpc) is 2.67. The van der Waals surface area contributed by atoms with Crippen LogP contribution in [0.15, 0.2) is 42.5 Å². The zero-order chi connectivity index (χ0) is 11.1. The van der Waals surface area contributed by atoms with E-state index in [4.69, 9.17) is 5.32 Å². The van der Waals surface area contributed by atoms with Crippen molar-refractivity contribution in [3.8, 4) is 11.1 Å². The molecule has 79 valence electrons. The van der Waals surface area contributed by atoms with Crippen molar-refractivity contribution in [3.63, 3.8) is 0 Å². The summed E-state index contributed by atoms with van der Waals surface area (Å²) in [5, 5.41) is 4.74. The van der Waals surface area contributed by atoms with Crippen LogP contribution in [0.25, 0.3) is 11.1 Å². The normalized spacial score (nSPS) is 12.2. The molecule has 1 nitrogen and oxygen atoms in total. The van der Waals surface area contributed by atoms with Crippen LogP contribution >= 0.6 is 0 Å². The lowest BCUT2D eigenvalue weighted by molar-refractivity contribution is 0.861. The Kier molecular flexibility index (Phi) is 2.00. The Bertz CT molecular complexity index is 541. The summed E-state index contributed by atoms with van der Waals surface area (Å²) in [5.74, 6) is 0.521. The first-order chi connectivity index (χ1) is 7.77. The molecule has 1 heterocycles. The van der Waals surface area contributed by atoms with E-state index < -0.39 is 0 Å². The zero-order valence-corrected chi connectivity index (χ0v) is 9.57. The molecule has 0 amide bonds. The van der Waals surface area contributed by atoms with Gasteiger partial charge in [-0.25, -0.2) is 5.32 Å². The van der Waals surface area contributed by atoms with E-state index in [1.165, 1.54) is 22.4 Å². The third-order valence-electron chi connectivity index (χ3n) is 3.12. The molecule has 3 rings (SSSR count). The van der Waals surface area contributed by atoms with Crippen molar-refractivity contribution in [2.75, 3.05) is 0 Å². The van der Waals surface area contributed by atoms with E-state index in [2.05, 4.69) is 50.2 Å². The first-order valence-electron chi connectivity index (χ1n) is 5.71. The lowest BCUT2D eigenvalue weighted by Crippen LogP contribution is -1.93. The van der Waals surface area contributed by atoms with Gasteiger partial charge in [0.15, 0.2) is 0 Å². The van der Waals surface area contributed by atoms with Gasteiger partial charge in [-0.1, -0.05) is 50.2 Å². The molecule has 1 aliphatic heterocycles. The molecule has 0 bridgehead atoms. The minimum absolute atomic E-state index is 0.521. The summed E-state index contributed by atoms with van der Waals surface area (Å²) >= 11 is 0. The second kappa shape index (κ2) is 3.38. The van der Waals surface area contributed by atoms with Crippen molar-refractivity contribution < 1.29 is 0 Å². The molecule has 0 spiro atoms. The Balaban J connectivity index is 2.24. The third kappa shape index (κ3) is 1.25. The summed E-state index contributed by atoms with van der Waals surface area (Å²) in [4.78, 5) is 0. The molecule has 0 unspecified atom stereocenters. The Morgan fingerprint density at radius 3 is 2.44 bits per heavy atom. The molecule has 16 heavy (non-hydrogen) atoms. The van der Waals surface area contributed by atoms with Gasteiger partial charge in [0.1, 0.15) is 0 Å². The summed E-state index contributed by atoms with van der Waals surface area (Å²) < 4.78 is 0. The number of rotatable bonds is 1. The predicted octanol–water partition coefficient (Wildman–Crippen LogP) is 4.36. The second-order valence-corrected chi connectivity index (χ2v) is 4.53. The zero-order valence-electron chi connectivity index (χ0n) is 9.57. The third-order valence-corrected chi connectivity index (χ3v) is 3.12. The van der Waals surface area contributed by atoms with Crippen LogP contribution in [0.5, 0.6) is 0 Å². The van der Waals surface area contributed by atoms with Gasteiger partial charge < -0.3 is 0 Å². The first kappa shape index (κ1) is 9.46.